The summed E-state index contributed by atoms with van der Waals surface area (Å²) in [5, 5.41) is 2.89. The van der Waals surface area contributed by atoms with Gasteiger partial charge >= 0.3 is 0 Å². The van der Waals surface area contributed by atoms with Crippen LogP contribution in [-0.2, 0) is 24.2 Å². The van der Waals surface area contributed by atoms with Crippen molar-refractivity contribution in [3.63, 3.8) is 0 Å². The lowest BCUT2D eigenvalue weighted by atomic mass is 10.2. The number of carbonyl (C=O) groups is 1. The molecular formula is C24H29N3O2. The molecule has 0 fully saturated rings. The summed E-state index contributed by atoms with van der Waals surface area (Å²) in [5.41, 5.74) is 3.42. The van der Waals surface area contributed by atoms with Crippen LogP contribution in [0.2, 0.25) is 0 Å². The maximum Gasteiger partial charge on any atom is 0.243 e. The van der Waals surface area contributed by atoms with Crippen LogP contribution in [0.4, 0.5) is 0 Å². The lowest BCUT2D eigenvalue weighted by Gasteiger charge is -2.11. The quantitative estimate of drug-likeness (QED) is 0.414. The minimum atomic E-state index is -0.0523. The van der Waals surface area contributed by atoms with E-state index in [-0.39, 0.29) is 5.91 Å². The predicted octanol–water partition coefficient (Wildman–Crippen LogP) is 4.30. The number of allylic oxidation sites excluding steroid dienone is 1. The van der Waals surface area contributed by atoms with E-state index in [4.69, 9.17) is 9.72 Å². The molecule has 1 aromatic heterocycles. The average molecular weight is 392 g/mol. The van der Waals surface area contributed by atoms with Crippen LogP contribution in [0.15, 0.2) is 60.7 Å². The summed E-state index contributed by atoms with van der Waals surface area (Å²) in [6.45, 7) is 5.93. The molecule has 1 amide bonds. The number of amides is 1. The van der Waals surface area contributed by atoms with Crippen molar-refractivity contribution in [3.05, 3.63) is 72.1 Å². The number of aromatic nitrogens is 2. The second kappa shape index (κ2) is 10.5. The highest BCUT2D eigenvalue weighted by atomic mass is 16.5. The minimum absolute atomic E-state index is 0.0523. The van der Waals surface area contributed by atoms with Gasteiger partial charge in [-0.25, -0.2) is 4.98 Å². The molecule has 29 heavy (non-hydrogen) atoms. The van der Waals surface area contributed by atoms with E-state index in [2.05, 4.69) is 35.0 Å². The summed E-state index contributed by atoms with van der Waals surface area (Å²) < 4.78 is 8.18. The number of nitrogens with zero attached hydrogens (tertiary/aromatic N) is 2. The Kier molecular flexibility index (Phi) is 7.45. The van der Waals surface area contributed by atoms with Crippen LogP contribution in [0.5, 0.6) is 5.75 Å². The number of aryl methyl sites for hydroxylation is 2. The molecular weight excluding hydrogens is 362 g/mol. The summed E-state index contributed by atoms with van der Waals surface area (Å²) in [7, 11) is 0. The zero-order valence-corrected chi connectivity index (χ0v) is 17.2. The normalized spacial score (nSPS) is 11.2. The molecule has 0 aliphatic heterocycles. The summed E-state index contributed by atoms with van der Waals surface area (Å²) in [5.74, 6) is 1.86. The fraction of sp³-hybridized carbons (Fsp3) is 0.333. The maximum atomic E-state index is 11.5. The van der Waals surface area contributed by atoms with Crippen LogP contribution in [0.1, 0.15) is 31.7 Å². The first kappa shape index (κ1) is 20.6. The molecule has 1 heterocycles. The predicted molar refractivity (Wildman–Crippen MR) is 117 cm³/mol. The molecule has 0 aliphatic carbocycles. The van der Waals surface area contributed by atoms with Crippen molar-refractivity contribution in [2.24, 2.45) is 0 Å². The summed E-state index contributed by atoms with van der Waals surface area (Å²) in [6.07, 6.45) is 5.95. The first-order chi connectivity index (χ1) is 14.2. The van der Waals surface area contributed by atoms with Crippen molar-refractivity contribution < 1.29 is 9.53 Å². The van der Waals surface area contributed by atoms with Crippen molar-refractivity contribution in [1.82, 2.24) is 14.9 Å². The zero-order chi connectivity index (χ0) is 20.5. The number of hydrogen-bond donors (Lipinski definition) is 1. The molecule has 5 nitrogen and oxygen atoms in total. The topological polar surface area (TPSA) is 56.2 Å². The van der Waals surface area contributed by atoms with Crippen LogP contribution in [-0.4, -0.2) is 28.6 Å². The number of benzene rings is 2. The van der Waals surface area contributed by atoms with Gasteiger partial charge in [0.1, 0.15) is 18.2 Å². The van der Waals surface area contributed by atoms with Gasteiger partial charge in [0.2, 0.25) is 5.91 Å². The molecule has 2 aromatic carbocycles. The van der Waals surface area contributed by atoms with Gasteiger partial charge in [-0.2, -0.15) is 0 Å². The van der Waals surface area contributed by atoms with Gasteiger partial charge in [0.25, 0.3) is 0 Å². The fourth-order valence-electron chi connectivity index (χ4n) is 3.31. The second-order valence-corrected chi connectivity index (χ2v) is 6.91. The summed E-state index contributed by atoms with van der Waals surface area (Å²) >= 11 is 0. The number of rotatable bonds is 10. The lowest BCUT2D eigenvalue weighted by molar-refractivity contribution is -0.116. The second-order valence-electron chi connectivity index (χ2n) is 6.91. The third-order valence-electron chi connectivity index (χ3n) is 4.84. The van der Waals surface area contributed by atoms with Crippen LogP contribution in [0.3, 0.4) is 0 Å². The van der Waals surface area contributed by atoms with Crippen LogP contribution >= 0.6 is 0 Å². The number of fused-ring (bicyclic) bond motifs is 1. The Labute approximate surface area is 172 Å². The summed E-state index contributed by atoms with van der Waals surface area (Å²) in [6, 6.07) is 16.4. The molecule has 0 aliphatic rings. The highest BCUT2D eigenvalue weighted by Gasteiger charge is 2.10. The van der Waals surface area contributed by atoms with Crippen LogP contribution in [0.25, 0.3) is 11.0 Å². The molecule has 3 aromatic rings. The van der Waals surface area contributed by atoms with E-state index >= 15 is 0 Å². The third-order valence-corrected chi connectivity index (χ3v) is 4.84. The van der Waals surface area contributed by atoms with Gasteiger partial charge < -0.3 is 14.6 Å². The van der Waals surface area contributed by atoms with E-state index in [0.717, 1.165) is 48.4 Å². The number of hydrogen-bond acceptors (Lipinski definition) is 3. The fourth-order valence-corrected chi connectivity index (χ4v) is 3.31. The standard InChI is InChI=1S/C24H29N3O2/c1-3-8-24(28)25-16-7-11-23-26-21-9-5-6-10-22(21)27(23)17-18-29-20-14-12-19(4-2)13-15-20/h3,5-6,8-10,12-15H,4,7,11,16-18H2,1-2H3,(H,25,28)/b8-3-. The monoisotopic (exact) mass is 391 g/mol. The van der Waals surface area contributed by atoms with Gasteiger partial charge in [0.15, 0.2) is 0 Å². The molecule has 0 spiro atoms. The Bertz CT molecular complexity index is 958. The van der Waals surface area contributed by atoms with Crippen molar-refractivity contribution in [1.29, 1.82) is 0 Å². The molecule has 0 saturated heterocycles. The Balaban J connectivity index is 1.62. The Hall–Kier alpha value is -3.08. The van der Waals surface area contributed by atoms with E-state index in [1.54, 1.807) is 12.2 Å². The lowest BCUT2D eigenvalue weighted by Crippen LogP contribution is -2.23. The number of imidazole rings is 1. The van der Waals surface area contributed by atoms with E-state index in [1.165, 1.54) is 5.56 Å². The molecule has 3 rings (SSSR count). The molecule has 0 bridgehead atoms. The Morgan fingerprint density at radius 3 is 2.72 bits per heavy atom. The average Bonchev–Trinajstić information content (AvgIpc) is 3.09. The van der Waals surface area contributed by atoms with Gasteiger partial charge in [-0.15, -0.1) is 0 Å². The molecule has 0 saturated carbocycles. The van der Waals surface area contributed by atoms with Crippen LogP contribution < -0.4 is 10.1 Å². The van der Waals surface area contributed by atoms with Gasteiger partial charge in [0.05, 0.1) is 17.6 Å². The van der Waals surface area contributed by atoms with Gasteiger partial charge in [-0.05, 0) is 55.7 Å². The van der Waals surface area contributed by atoms with Gasteiger partial charge in [0, 0.05) is 13.0 Å². The Morgan fingerprint density at radius 1 is 1.17 bits per heavy atom. The Morgan fingerprint density at radius 2 is 1.97 bits per heavy atom. The molecule has 152 valence electrons. The van der Waals surface area contributed by atoms with E-state index in [1.807, 2.05) is 37.3 Å². The van der Waals surface area contributed by atoms with Gasteiger partial charge in [-0.1, -0.05) is 37.3 Å². The van der Waals surface area contributed by atoms with Crippen molar-refractivity contribution in [2.45, 2.75) is 39.7 Å². The molecule has 0 radical (unpaired) electrons. The first-order valence-electron chi connectivity index (χ1n) is 10.3. The maximum absolute atomic E-state index is 11.5. The third kappa shape index (κ3) is 5.70. The van der Waals surface area contributed by atoms with Crippen molar-refractivity contribution in [2.75, 3.05) is 13.2 Å². The van der Waals surface area contributed by atoms with E-state index in [9.17, 15) is 4.79 Å². The van der Waals surface area contributed by atoms with E-state index < -0.39 is 0 Å². The first-order valence-corrected chi connectivity index (χ1v) is 10.3. The minimum Gasteiger partial charge on any atom is -0.492 e. The van der Waals surface area contributed by atoms with Crippen molar-refractivity contribution in [3.8, 4) is 5.75 Å². The molecule has 1 N–H and O–H groups in total. The van der Waals surface area contributed by atoms with E-state index in [0.29, 0.717) is 13.2 Å². The number of nitrogens with one attached hydrogen (secondary N) is 1. The smallest absolute Gasteiger partial charge is 0.243 e. The SMILES string of the molecule is C/C=C\C(=O)NCCCc1nc2ccccc2n1CCOc1ccc(CC)cc1. The number of para-hydroxylation sites is 2. The summed E-state index contributed by atoms with van der Waals surface area (Å²) in [4.78, 5) is 16.3. The number of carbonyl (C=O) groups excluding carboxylic acids is 1. The molecule has 0 unspecified atom stereocenters. The largest absolute Gasteiger partial charge is 0.492 e. The molecule has 5 heteroatoms. The van der Waals surface area contributed by atoms with Crippen molar-refractivity contribution >= 4 is 16.9 Å². The molecule has 0 atom stereocenters. The van der Waals surface area contributed by atoms with Crippen LogP contribution in [0, 0.1) is 0 Å². The zero-order valence-electron chi connectivity index (χ0n) is 17.2. The highest BCUT2D eigenvalue weighted by Crippen LogP contribution is 2.18. The highest BCUT2D eigenvalue weighted by molar-refractivity contribution is 5.87. The van der Waals surface area contributed by atoms with Gasteiger partial charge in [-0.3, -0.25) is 4.79 Å². The number of ether oxygens (including phenoxy) is 1.